The maximum absolute atomic E-state index is 12.8. The molecule has 4 heterocycles. The van der Waals surface area contributed by atoms with Gasteiger partial charge in [0.15, 0.2) is 11.6 Å². The summed E-state index contributed by atoms with van der Waals surface area (Å²) in [6.07, 6.45) is 6.59. The molecule has 1 N–H and O–H groups in total. The van der Waals surface area contributed by atoms with Crippen molar-refractivity contribution in [1.82, 2.24) is 14.9 Å². The first-order chi connectivity index (χ1) is 14.2. The first kappa shape index (κ1) is 17.7. The molecule has 0 spiro atoms. The number of piperidine rings is 1. The number of anilines is 2. The Kier molecular flexibility index (Phi) is 4.42. The van der Waals surface area contributed by atoms with E-state index in [1.807, 2.05) is 29.2 Å². The molecule has 2 aromatic heterocycles. The summed E-state index contributed by atoms with van der Waals surface area (Å²) in [7, 11) is 0. The molecule has 3 aromatic rings. The average molecular weight is 390 g/mol. The van der Waals surface area contributed by atoms with Gasteiger partial charge in [-0.3, -0.25) is 9.59 Å². The number of carbonyl (C=O) groups excluding carboxylic acids is 1. The molecule has 7 heteroatoms. The Morgan fingerprint density at radius 3 is 2.79 bits per heavy atom. The van der Waals surface area contributed by atoms with E-state index in [-0.39, 0.29) is 11.5 Å². The molecule has 29 heavy (non-hydrogen) atoms. The smallest absolute Gasteiger partial charge is 0.255 e. The van der Waals surface area contributed by atoms with Crippen LogP contribution in [0.15, 0.2) is 47.5 Å². The number of nitrogens with zero attached hydrogens (tertiary/aromatic N) is 3. The maximum atomic E-state index is 12.8. The van der Waals surface area contributed by atoms with Crippen molar-refractivity contribution in [3.05, 3.63) is 58.6 Å². The summed E-state index contributed by atoms with van der Waals surface area (Å²) >= 11 is 0. The summed E-state index contributed by atoms with van der Waals surface area (Å²) in [5.74, 6) is 1.33. The van der Waals surface area contributed by atoms with Crippen LogP contribution < -0.4 is 15.2 Å². The van der Waals surface area contributed by atoms with Crippen LogP contribution in [0.3, 0.4) is 0 Å². The van der Waals surface area contributed by atoms with Gasteiger partial charge in [-0.05, 0) is 55.0 Å². The fourth-order valence-corrected chi connectivity index (χ4v) is 4.09. The molecule has 0 atom stereocenters. The fourth-order valence-electron chi connectivity index (χ4n) is 4.09. The Balaban J connectivity index is 1.48. The quantitative estimate of drug-likeness (QED) is 0.728. The molecular formula is C22H22N4O3. The molecule has 148 valence electrons. The lowest BCUT2D eigenvalue weighted by atomic mass is 10.1. The highest BCUT2D eigenvalue weighted by atomic mass is 16.5. The Morgan fingerprint density at radius 1 is 1.07 bits per heavy atom. The third kappa shape index (κ3) is 3.22. The van der Waals surface area contributed by atoms with Crippen LogP contribution in [0.5, 0.6) is 5.75 Å². The lowest BCUT2D eigenvalue weighted by molar-refractivity contribution is 0.0723. The average Bonchev–Trinajstić information content (AvgIpc) is 2.78. The van der Waals surface area contributed by atoms with Gasteiger partial charge in [0.2, 0.25) is 0 Å². The van der Waals surface area contributed by atoms with Gasteiger partial charge in [0.05, 0.1) is 12.1 Å². The van der Waals surface area contributed by atoms with E-state index in [4.69, 9.17) is 4.74 Å². The largest absolute Gasteiger partial charge is 0.488 e. The van der Waals surface area contributed by atoms with Gasteiger partial charge in [0.1, 0.15) is 6.61 Å². The predicted octanol–water partition coefficient (Wildman–Crippen LogP) is 3.08. The number of nitrogens with one attached hydrogen (secondary N) is 1. The number of amides is 1. The minimum absolute atomic E-state index is 0.0191. The molecule has 0 saturated carbocycles. The normalized spacial score (nSPS) is 16.4. The lowest BCUT2D eigenvalue weighted by Crippen LogP contribution is -2.36. The number of carbonyl (C=O) groups is 1. The van der Waals surface area contributed by atoms with E-state index in [1.165, 1.54) is 6.42 Å². The van der Waals surface area contributed by atoms with Crippen LogP contribution in [0.25, 0.3) is 10.8 Å². The molecule has 1 fully saturated rings. The van der Waals surface area contributed by atoms with Gasteiger partial charge in [0.25, 0.3) is 11.5 Å². The highest BCUT2D eigenvalue weighted by Crippen LogP contribution is 2.36. The van der Waals surface area contributed by atoms with Crippen molar-refractivity contribution in [3.8, 4) is 5.75 Å². The highest BCUT2D eigenvalue weighted by molar-refractivity contribution is 5.95. The number of aromatic nitrogens is 2. The molecule has 5 rings (SSSR count). The van der Waals surface area contributed by atoms with Crippen LogP contribution in [-0.4, -0.2) is 47.0 Å². The van der Waals surface area contributed by atoms with E-state index >= 15 is 0 Å². The summed E-state index contributed by atoms with van der Waals surface area (Å²) in [4.78, 5) is 36.0. The Morgan fingerprint density at radius 2 is 1.93 bits per heavy atom. The Bertz CT molecular complexity index is 1130. The van der Waals surface area contributed by atoms with E-state index in [0.29, 0.717) is 35.7 Å². The molecule has 0 bridgehead atoms. The van der Waals surface area contributed by atoms with Crippen molar-refractivity contribution in [1.29, 1.82) is 0 Å². The molecular weight excluding hydrogens is 368 g/mol. The number of benzene rings is 1. The molecule has 7 nitrogen and oxygen atoms in total. The summed E-state index contributed by atoms with van der Waals surface area (Å²) in [6.45, 7) is 2.76. The first-order valence-electron chi connectivity index (χ1n) is 10.0. The molecule has 1 saturated heterocycles. The molecule has 2 aliphatic heterocycles. The summed E-state index contributed by atoms with van der Waals surface area (Å²) < 4.78 is 5.83. The van der Waals surface area contributed by atoms with Crippen LogP contribution in [0.2, 0.25) is 0 Å². The van der Waals surface area contributed by atoms with E-state index < -0.39 is 0 Å². The van der Waals surface area contributed by atoms with Crippen LogP contribution in [0.4, 0.5) is 11.5 Å². The second-order valence-electron chi connectivity index (χ2n) is 7.48. The van der Waals surface area contributed by atoms with Gasteiger partial charge in [0, 0.05) is 36.6 Å². The van der Waals surface area contributed by atoms with E-state index in [0.717, 1.165) is 37.0 Å². The van der Waals surface area contributed by atoms with Gasteiger partial charge in [-0.2, -0.15) is 0 Å². The SMILES string of the molecule is O=C(c1cnc2c(c1)OCCN2c1ccc2c(=O)[nH]ccc2c1)N1CCCCC1. The van der Waals surface area contributed by atoms with Gasteiger partial charge in [-0.25, -0.2) is 4.98 Å². The number of likely N-dealkylation sites (tertiary alicyclic amines) is 1. The zero-order valence-corrected chi connectivity index (χ0v) is 16.1. The van der Waals surface area contributed by atoms with Crippen molar-refractivity contribution in [2.45, 2.75) is 19.3 Å². The van der Waals surface area contributed by atoms with Crippen molar-refractivity contribution in [2.75, 3.05) is 31.1 Å². The second-order valence-corrected chi connectivity index (χ2v) is 7.48. The van der Waals surface area contributed by atoms with Crippen LogP contribution >= 0.6 is 0 Å². The molecule has 0 radical (unpaired) electrons. The van der Waals surface area contributed by atoms with Crippen molar-refractivity contribution in [2.24, 2.45) is 0 Å². The fraction of sp³-hybridized carbons (Fsp3) is 0.318. The monoisotopic (exact) mass is 390 g/mol. The number of rotatable bonds is 2. The number of hydrogen-bond acceptors (Lipinski definition) is 5. The van der Waals surface area contributed by atoms with Crippen molar-refractivity contribution in [3.63, 3.8) is 0 Å². The topological polar surface area (TPSA) is 78.5 Å². The highest BCUT2D eigenvalue weighted by Gasteiger charge is 2.25. The van der Waals surface area contributed by atoms with E-state index in [2.05, 4.69) is 14.9 Å². The van der Waals surface area contributed by atoms with Crippen molar-refractivity contribution >= 4 is 28.2 Å². The summed E-state index contributed by atoms with van der Waals surface area (Å²) in [6, 6.07) is 9.41. The number of hydrogen-bond donors (Lipinski definition) is 1. The zero-order valence-electron chi connectivity index (χ0n) is 16.1. The number of pyridine rings is 2. The molecule has 2 aliphatic rings. The zero-order chi connectivity index (χ0) is 19.8. The molecule has 1 aromatic carbocycles. The molecule has 1 amide bonds. The van der Waals surface area contributed by atoms with Gasteiger partial charge in [-0.1, -0.05) is 0 Å². The minimum Gasteiger partial charge on any atom is -0.488 e. The number of aromatic amines is 1. The van der Waals surface area contributed by atoms with E-state index in [1.54, 1.807) is 18.5 Å². The van der Waals surface area contributed by atoms with Crippen molar-refractivity contribution < 1.29 is 9.53 Å². The number of fused-ring (bicyclic) bond motifs is 2. The Labute approximate surface area is 167 Å². The Hall–Kier alpha value is -3.35. The van der Waals surface area contributed by atoms with Crippen LogP contribution in [0.1, 0.15) is 29.6 Å². The molecule has 0 aliphatic carbocycles. The van der Waals surface area contributed by atoms with Gasteiger partial charge in [-0.15, -0.1) is 0 Å². The van der Waals surface area contributed by atoms with E-state index in [9.17, 15) is 9.59 Å². The van der Waals surface area contributed by atoms with Gasteiger partial charge < -0.3 is 19.5 Å². The van der Waals surface area contributed by atoms with Crippen LogP contribution in [-0.2, 0) is 0 Å². The standard InChI is InChI=1S/C22H22N4O3/c27-21-18-5-4-17(12-15(18)6-7-23-21)26-10-11-29-19-13-16(14-24-20(19)26)22(28)25-8-2-1-3-9-25/h4-7,12-14H,1-3,8-11H2,(H,23,27). The summed E-state index contributed by atoms with van der Waals surface area (Å²) in [5.41, 5.74) is 1.41. The van der Waals surface area contributed by atoms with Crippen LogP contribution in [0, 0.1) is 0 Å². The third-order valence-electron chi connectivity index (χ3n) is 5.62. The van der Waals surface area contributed by atoms with Gasteiger partial charge >= 0.3 is 0 Å². The summed E-state index contributed by atoms with van der Waals surface area (Å²) in [5, 5.41) is 1.52. The number of ether oxygens (including phenoxy) is 1. The number of H-pyrrole nitrogens is 1. The first-order valence-corrected chi connectivity index (χ1v) is 10.0. The lowest BCUT2D eigenvalue weighted by Gasteiger charge is -2.31. The minimum atomic E-state index is -0.101. The third-order valence-corrected chi connectivity index (χ3v) is 5.62. The maximum Gasteiger partial charge on any atom is 0.255 e. The molecule has 0 unspecified atom stereocenters. The predicted molar refractivity (Wildman–Crippen MR) is 111 cm³/mol. The second kappa shape index (κ2) is 7.24.